The summed E-state index contributed by atoms with van der Waals surface area (Å²) in [5.74, 6) is -2.43. The van der Waals surface area contributed by atoms with Crippen molar-refractivity contribution in [2.45, 2.75) is 192 Å². The van der Waals surface area contributed by atoms with Gasteiger partial charge in [0.25, 0.3) is 0 Å². The Morgan fingerprint density at radius 3 is 2.27 bits per heavy atom. The molecule has 14 heteroatoms. The minimum absolute atomic E-state index is 0.00233. The molecule has 0 aromatic heterocycles. The second-order valence-electron chi connectivity index (χ2n) is 18.5. The third kappa shape index (κ3) is 10.3. The Labute approximate surface area is 336 Å². The summed E-state index contributed by atoms with van der Waals surface area (Å²) in [7, 11) is 7.49. The van der Waals surface area contributed by atoms with Crippen LogP contribution in [0.15, 0.2) is 0 Å². The summed E-state index contributed by atoms with van der Waals surface area (Å²) < 4.78 is 51.2. The Balaban J connectivity index is 1.85. The van der Waals surface area contributed by atoms with Gasteiger partial charge in [-0.2, -0.15) is 0 Å². The quantitative estimate of drug-likeness (QED) is 0.338. The number of hydrogen-bond acceptors (Lipinski definition) is 14. The molecule has 4 aliphatic heterocycles. The molecule has 0 aliphatic carbocycles. The van der Waals surface area contributed by atoms with E-state index in [9.17, 15) is 19.8 Å². The van der Waals surface area contributed by atoms with Gasteiger partial charge in [0.05, 0.1) is 47.6 Å². The molecule has 0 aromatic rings. The van der Waals surface area contributed by atoms with E-state index in [1.807, 2.05) is 46.7 Å². The number of aliphatic hydroxyl groups excluding tert-OH is 1. The molecule has 0 radical (unpaired) electrons. The van der Waals surface area contributed by atoms with Crippen LogP contribution in [-0.2, 0) is 47.5 Å². The van der Waals surface area contributed by atoms with Gasteiger partial charge in [-0.15, -0.1) is 0 Å². The molecule has 4 heterocycles. The third-order valence-corrected chi connectivity index (χ3v) is 13.6. The summed E-state index contributed by atoms with van der Waals surface area (Å²) in [5.41, 5.74) is -3.21. The van der Waals surface area contributed by atoms with Crippen LogP contribution in [0, 0.1) is 23.7 Å². The molecule has 2 N–H and O–H groups in total. The molecule has 0 saturated carbocycles. The summed E-state index contributed by atoms with van der Waals surface area (Å²) >= 11 is 0. The Hall–Kier alpha value is -1.46. The predicted octanol–water partition coefficient (Wildman–Crippen LogP) is 4.15. The minimum Gasteiger partial charge on any atom is -0.459 e. The average Bonchev–Trinajstić information content (AvgIpc) is 3.51. The van der Waals surface area contributed by atoms with Crippen LogP contribution in [0.1, 0.15) is 108 Å². The number of ether oxygens (including phenoxy) is 8. The minimum atomic E-state index is -1.50. The summed E-state index contributed by atoms with van der Waals surface area (Å²) in [6.45, 7) is 21.9. The molecule has 4 rings (SSSR count). The maximum Gasteiger partial charge on any atom is 0.311 e. The number of likely N-dealkylation sites (N-methyl/N-ethyl adjacent to an activating group) is 1. The van der Waals surface area contributed by atoms with Crippen molar-refractivity contribution in [3.05, 3.63) is 0 Å². The second-order valence-corrected chi connectivity index (χ2v) is 18.5. The van der Waals surface area contributed by atoms with Crippen molar-refractivity contribution in [2.75, 3.05) is 41.4 Å². The van der Waals surface area contributed by atoms with Crippen molar-refractivity contribution in [1.82, 2.24) is 9.80 Å². The van der Waals surface area contributed by atoms with Gasteiger partial charge in [-0.1, -0.05) is 20.8 Å². The largest absolute Gasteiger partial charge is 0.459 e. The highest BCUT2D eigenvalue weighted by Gasteiger charge is 2.54. The first-order valence-electron chi connectivity index (χ1n) is 20.9. The molecule has 4 fully saturated rings. The first-order valence-corrected chi connectivity index (χ1v) is 20.9. The Kier molecular flexibility index (Phi) is 15.9. The smallest absolute Gasteiger partial charge is 0.311 e. The fourth-order valence-corrected chi connectivity index (χ4v) is 10.3. The summed E-state index contributed by atoms with van der Waals surface area (Å²) in [5, 5.41) is 23.8. The van der Waals surface area contributed by atoms with E-state index in [4.69, 9.17) is 37.9 Å². The molecule has 4 saturated heterocycles. The molecule has 0 spiro atoms. The maximum absolute atomic E-state index is 14.6. The molecule has 56 heavy (non-hydrogen) atoms. The van der Waals surface area contributed by atoms with Gasteiger partial charge in [-0.3, -0.25) is 9.59 Å². The average molecular weight is 801 g/mol. The molecular formula is C42H76N2O12. The number of hydrogen-bond donors (Lipinski definition) is 2. The van der Waals surface area contributed by atoms with Crippen LogP contribution in [0.4, 0.5) is 0 Å². The van der Waals surface area contributed by atoms with Crippen molar-refractivity contribution in [1.29, 1.82) is 0 Å². The van der Waals surface area contributed by atoms with E-state index >= 15 is 0 Å². The van der Waals surface area contributed by atoms with Crippen molar-refractivity contribution < 1.29 is 57.7 Å². The van der Waals surface area contributed by atoms with Gasteiger partial charge < -0.3 is 57.9 Å². The number of carbonyl (C=O) groups excluding carboxylic acids is 2. The van der Waals surface area contributed by atoms with E-state index in [1.165, 1.54) is 6.92 Å². The van der Waals surface area contributed by atoms with E-state index in [1.54, 1.807) is 27.9 Å². The van der Waals surface area contributed by atoms with Crippen LogP contribution in [0.5, 0.6) is 0 Å². The van der Waals surface area contributed by atoms with Gasteiger partial charge in [0.2, 0.25) is 0 Å². The van der Waals surface area contributed by atoms with E-state index in [2.05, 4.69) is 32.7 Å². The predicted molar refractivity (Wildman–Crippen MR) is 210 cm³/mol. The fraction of sp³-hybridized carbons (Fsp3) is 0.952. The van der Waals surface area contributed by atoms with Gasteiger partial charge in [0.1, 0.15) is 17.8 Å². The Morgan fingerprint density at radius 2 is 1.68 bits per heavy atom. The van der Waals surface area contributed by atoms with Gasteiger partial charge in [0, 0.05) is 51.5 Å². The lowest BCUT2D eigenvalue weighted by atomic mass is 9.77. The highest BCUT2D eigenvalue weighted by molar-refractivity contribution is 5.73. The summed E-state index contributed by atoms with van der Waals surface area (Å²) in [4.78, 5) is 31.4. The van der Waals surface area contributed by atoms with Crippen molar-refractivity contribution >= 4 is 11.9 Å². The lowest BCUT2D eigenvalue weighted by Crippen LogP contribution is -2.61. The molecule has 14 nitrogen and oxygen atoms in total. The van der Waals surface area contributed by atoms with E-state index < -0.39 is 89.8 Å². The normalized spacial score (nSPS) is 47.8. The summed E-state index contributed by atoms with van der Waals surface area (Å²) in [6, 6.07) is -0.137. The Bertz CT molecular complexity index is 1300. The Morgan fingerprint density at radius 1 is 1.02 bits per heavy atom. The van der Waals surface area contributed by atoms with Gasteiger partial charge in [0.15, 0.2) is 18.7 Å². The number of carbonyl (C=O) groups is 2. The van der Waals surface area contributed by atoms with E-state index in [-0.39, 0.29) is 36.4 Å². The lowest BCUT2D eigenvalue weighted by Gasteiger charge is -2.49. The second kappa shape index (κ2) is 18.9. The zero-order valence-corrected chi connectivity index (χ0v) is 37.0. The third-order valence-electron chi connectivity index (χ3n) is 13.6. The molecule has 326 valence electrons. The zero-order valence-electron chi connectivity index (χ0n) is 37.0. The van der Waals surface area contributed by atoms with Crippen LogP contribution < -0.4 is 0 Å². The zero-order chi connectivity index (χ0) is 42.1. The molecule has 0 aromatic carbocycles. The molecule has 4 aliphatic rings. The van der Waals surface area contributed by atoms with E-state index in [0.717, 1.165) is 6.42 Å². The SMILES string of the molecule is CC[C@H]1OC(=O)[C@H](C)C(O[C@H]2C[C@@](C)(OC)[C@@H](O)[C@H](C)O2)[C@H](C)[C@@H](O[C@@H]2O[C@H](C)C[C@H](N(C)C)[C@H]2OC(C)=O)[C@](C)(O)C[C@@H](C)CN(C)[C@H](C)[C@H]2CCO[C@@]21C. The standard InChI is InChI=1S/C42H76N2O12/c1-16-32-42(11)30(17-18-50-42)27(6)44(14)22-23(2)20-40(9,48)37(56-39-35(53-29(8)45)31(43(12)13)19-24(3)51-39)25(4)34(26(5)38(47)54-32)55-33-21-41(10,49-15)36(46)28(7)52-33/h23-28,30-37,39,46,48H,16-22H2,1-15H3/t23-,24-,25+,26-,27-,28+,30-,31+,32-,33+,34?,35-,36+,37-,39+,40-,41-,42+/m1/s1. The number of methoxy groups -OCH3 is 1. The first-order chi connectivity index (χ1) is 26.0. The fourth-order valence-electron chi connectivity index (χ4n) is 10.3. The van der Waals surface area contributed by atoms with E-state index in [0.29, 0.717) is 32.4 Å². The number of rotatable bonds is 8. The van der Waals surface area contributed by atoms with Crippen LogP contribution in [-0.4, -0.2) is 158 Å². The van der Waals surface area contributed by atoms with Crippen molar-refractivity contribution in [3.8, 4) is 0 Å². The molecule has 18 atom stereocenters. The number of aliphatic hydroxyl groups is 2. The summed E-state index contributed by atoms with van der Waals surface area (Å²) in [6.07, 6.45) is -4.52. The highest BCUT2D eigenvalue weighted by atomic mass is 16.7. The topological polar surface area (TPSA) is 155 Å². The van der Waals surface area contributed by atoms with Crippen LogP contribution in [0.25, 0.3) is 0 Å². The highest BCUT2D eigenvalue weighted by Crippen LogP contribution is 2.44. The number of nitrogens with zero attached hydrogens (tertiary/aromatic N) is 2. The van der Waals surface area contributed by atoms with Crippen molar-refractivity contribution in [2.24, 2.45) is 23.7 Å². The number of esters is 2. The first kappa shape index (κ1) is 47.2. The monoisotopic (exact) mass is 801 g/mol. The van der Waals surface area contributed by atoms with Gasteiger partial charge in [-0.25, -0.2) is 0 Å². The molecule has 0 bridgehead atoms. The van der Waals surface area contributed by atoms with Crippen LogP contribution >= 0.6 is 0 Å². The van der Waals surface area contributed by atoms with Crippen LogP contribution in [0.2, 0.25) is 0 Å². The van der Waals surface area contributed by atoms with Crippen molar-refractivity contribution in [3.63, 3.8) is 0 Å². The molecule has 1 unspecified atom stereocenters. The maximum atomic E-state index is 14.6. The lowest BCUT2D eigenvalue weighted by molar-refractivity contribution is -0.318. The number of cyclic esters (lactones) is 1. The molecule has 0 amide bonds. The molecular weight excluding hydrogens is 724 g/mol. The van der Waals surface area contributed by atoms with Crippen LogP contribution in [0.3, 0.4) is 0 Å². The van der Waals surface area contributed by atoms with Gasteiger partial charge in [-0.05, 0) is 101 Å². The van der Waals surface area contributed by atoms with Gasteiger partial charge >= 0.3 is 11.9 Å². The number of fused-ring (bicyclic) bond motifs is 1.